The van der Waals surface area contributed by atoms with Gasteiger partial charge in [0.2, 0.25) is 5.28 Å². The van der Waals surface area contributed by atoms with Gasteiger partial charge in [-0.2, -0.15) is 0 Å². The number of rotatable bonds is 5. The van der Waals surface area contributed by atoms with Gasteiger partial charge in [-0.15, -0.1) is 0 Å². The minimum atomic E-state index is -0.734. The highest BCUT2D eigenvalue weighted by atomic mass is 35.5. The highest BCUT2D eigenvalue weighted by molar-refractivity contribution is 6.28. The molecule has 0 bridgehead atoms. The molecule has 1 aromatic heterocycles. The Labute approximate surface area is 96.2 Å². The zero-order valence-electron chi connectivity index (χ0n) is 8.18. The number of halogens is 1. The first-order valence-corrected chi connectivity index (χ1v) is 4.71. The topological polar surface area (TPSA) is 124 Å². The summed E-state index contributed by atoms with van der Waals surface area (Å²) in [7, 11) is 0. The maximum atomic E-state index is 10.9. The fraction of sp³-hybridized carbons (Fsp3) is 0.250. The molecule has 8 heteroatoms. The molecule has 1 atom stereocenters. The van der Waals surface area contributed by atoms with Gasteiger partial charge < -0.3 is 21.6 Å². The van der Waals surface area contributed by atoms with Crippen LogP contribution in [0, 0.1) is 0 Å². The molecule has 1 rings (SSSR count). The first-order valence-electron chi connectivity index (χ1n) is 4.33. The second kappa shape index (κ2) is 5.38. The van der Waals surface area contributed by atoms with Gasteiger partial charge in [0.05, 0.1) is 6.04 Å². The zero-order valence-corrected chi connectivity index (χ0v) is 8.94. The Morgan fingerprint density at radius 3 is 2.81 bits per heavy atom. The van der Waals surface area contributed by atoms with Crippen LogP contribution in [0.2, 0.25) is 5.28 Å². The van der Waals surface area contributed by atoms with Crippen molar-refractivity contribution in [3.8, 4) is 0 Å². The van der Waals surface area contributed by atoms with E-state index in [-0.39, 0.29) is 23.3 Å². The van der Waals surface area contributed by atoms with E-state index in [1.807, 2.05) is 0 Å². The normalized spacial score (nSPS) is 11.9. The SMILES string of the molecule is NC[C@@H](C=O)Nc1cc(C(N)=O)nc(Cl)n1. The number of carbonyl (C=O) groups is 2. The lowest BCUT2D eigenvalue weighted by Gasteiger charge is -2.11. The Morgan fingerprint density at radius 1 is 1.62 bits per heavy atom. The highest BCUT2D eigenvalue weighted by Gasteiger charge is 2.10. The van der Waals surface area contributed by atoms with Crippen molar-refractivity contribution < 1.29 is 9.59 Å². The largest absolute Gasteiger partial charge is 0.364 e. The summed E-state index contributed by atoms with van der Waals surface area (Å²) >= 11 is 5.57. The lowest BCUT2D eigenvalue weighted by molar-refractivity contribution is -0.108. The van der Waals surface area contributed by atoms with Gasteiger partial charge in [0.1, 0.15) is 17.8 Å². The maximum Gasteiger partial charge on any atom is 0.267 e. The molecule has 86 valence electrons. The molecule has 0 fully saturated rings. The number of aldehydes is 1. The predicted octanol–water partition coefficient (Wildman–Crippen LogP) is -0.833. The van der Waals surface area contributed by atoms with Gasteiger partial charge in [0.25, 0.3) is 5.91 Å². The first-order chi connectivity index (χ1) is 7.56. The van der Waals surface area contributed by atoms with E-state index in [1.165, 1.54) is 6.07 Å². The number of nitrogens with one attached hydrogen (secondary N) is 1. The number of hydrogen-bond donors (Lipinski definition) is 3. The van der Waals surface area contributed by atoms with Crippen molar-refractivity contribution in [3.63, 3.8) is 0 Å². The number of hydrogen-bond acceptors (Lipinski definition) is 6. The fourth-order valence-corrected chi connectivity index (χ4v) is 1.14. The molecule has 0 aliphatic carbocycles. The molecule has 0 saturated carbocycles. The summed E-state index contributed by atoms with van der Waals surface area (Å²) in [6.45, 7) is 0.0943. The molecule has 7 nitrogen and oxygen atoms in total. The van der Waals surface area contributed by atoms with Crippen LogP contribution < -0.4 is 16.8 Å². The molecular weight excluding hydrogens is 234 g/mol. The third-order valence-electron chi connectivity index (χ3n) is 1.70. The van der Waals surface area contributed by atoms with Crippen LogP contribution >= 0.6 is 11.6 Å². The van der Waals surface area contributed by atoms with Crippen LogP contribution in [0.4, 0.5) is 5.82 Å². The summed E-state index contributed by atoms with van der Waals surface area (Å²) in [6.07, 6.45) is 0.625. The Hall–Kier alpha value is -1.73. The molecule has 0 aliphatic heterocycles. The zero-order chi connectivity index (χ0) is 12.1. The second-order valence-electron chi connectivity index (χ2n) is 2.89. The summed E-state index contributed by atoms with van der Waals surface area (Å²) in [6, 6.07) is 0.687. The molecule has 5 N–H and O–H groups in total. The number of nitrogens with zero attached hydrogens (tertiary/aromatic N) is 2. The monoisotopic (exact) mass is 243 g/mol. The minimum absolute atomic E-state index is 0.0378. The van der Waals surface area contributed by atoms with E-state index in [9.17, 15) is 9.59 Å². The quantitative estimate of drug-likeness (QED) is 0.458. The summed E-state index contributed by atoms with van der Waals surface area (Å²) in [5.74, 6) is -0.515. The van der Waals surface area contributed by atoms with Crippen molar-refractivity contribution in [2.45, 2.75) is 6.04 Å². The molecule has 1 aromatic rings. The highest BCUT2D eigenvalue weighted by Crippen LogP contribution is 2.10. The van der Waals surface area contributed by atoms with Gasteiger partial charge in [-0.3, -0.25) is 4.79 Å². The second-order valence-corrected chi connectivity index (χ2v) is 3.23. The molecule has 0 saturated heterocycles. The lowest BCUT2D eigenvalue weighted by Crippen LogP contribution is -2.30. The number of nitrogens with two attached hydrogens (primary N) is 2. The molecular formula is C8H10ClN5O2. The summed E-state index contributed by atoms with van der Waals surface area (Å²) < 4.78 is 0. The molecule has 0 unspecified atom stereocenters. The average Bonchev–Trinajstić information content (AvgIpc) is 2.25. The summed E-state index contributed by atoms with van der Waals surface area (Å²) in [4.78, 5) is 28.8. The number of aromatic nitrogens is 2. The van der Waals surface area contributed by atoms with Gasteiger partial charge >= 0.3 is 0 Å². The Morgan fingerprint density at radius 2 is 2.31 bits per heavy atom. The fourth-order valence-electron chi connectivity index (χ4n) is 0.956. The van der Waals surface area contributed by atoms with Crippen LogP contribution in [-0.2, 0) is 4.79 Å². The molecule has 16 heavy (non-hydrogen) atoms. The van der Waals surface area contributed by atoms with Crippen molar-refractivity contribution in [2.24, 2.45) is 11.5 Å². The molecule has 0 aromatic carbocycles. The lowest BCUT2D eigenvalue weighted by atomic mass is 10.3. The summed E-state index contributed by atoms with van der Waals surface area (Å²) in [5, 5.41) is 2.54. The standard InChI is InChI=1S/C8H10ClN5O2/c9-8-13-5(7(11)16)1-6(14-8)12-4(2-10)3-15/h1,3-4H,2,10H2,(H2,11,16)(H,12,13,14)/t4-/m0/s1. The van der Waals surface area contributed by atoms with E-state index < -0.39 is 11.9 Å². The molecule has 1 amide bonds. The van der Waals surface area contributed by atoms with Crippen LogP contribution in [0.3, 0.4) is 0 Å². The van der Waals surface area contributed by atoms with Crippen LogP contribution in [0.15, 0.2) is 6.07 Å². The van der Waals surface area contributed by atoms with Gasteiger partial charge in [0, 0.05) is 12.6 Å². The molecule has 0 spiro atoms. The van der Waals surface area contributed by atoms with Crippen molar-refractivity contribution in [1.29, 1.82) is 0 Å². The smallest absolute Gasteiger partial charge is 0.267 e. The van der Waals surface area contributed by atoms with E-state index in [0.717, 1.165) is 0 Å². The number of primary amides is 1. The predicted molar refractivity (Wildman–Crippen MR) is 58.1 cm³/mol. The van der Waals surface area contributed by atoms with E-state index in [4.69, 9.17) is 23.1 Å². The molecule has 1 heterocycles. The molecule has 0 radical (unpaired) electrons. The first kappa shape index (κ1) is 12.3. The summed E-state index contributed by atoms with van der Waals surface area (Å²) in [5.41, 5.74) is 10.3. The number of anilines is 1. The third kappa shape index (κ3) is 3.14. The minimum Gasteiger partial charge on any atom is -0.364 e. The molecule has 0 aliphatic rings. The Kier molecular flexibility index (Phi) is 4.15. The van der Waals surface area contributed by atoms with E-state index in [0.29, 0.717) is 6.29 Å². The van der Waals surface area contributed by atoms with Gasteiger partial charge in [-0.25, -0.2) is 9.97 Å². The van der Waals surface area contributed by atoms with Crippen LogP contribution in [0.5, 0.6) is 0 Å². The average molecular weight is 244 g/mol. The van der Waals surface area contributed by atoms with Crippen molar-refractivity contribution in [2.75, 3.05) is 11.9 Å². The number of carbonyl (C=O) groups excluding carboxylic acids is 2. The van der Waals surface area contributed by atoms with Gasteiger partial charge in [0.15, 0.2) is 0 Å². The van der Waals surface area contributed by atoms with Crippen molar-refractivity contribution in [3.05, 3.63) is 17.0 Å². The van der Waals surface area contributed by atoms with Crippen LogP contribution in [-0.4, -0.2) is 34.7 Å². The van der Waals surface area contributed by atoms with Crippen molar-refractivity contribution in [1.82, 2.24) is 9.97 Å². The Bertz CT molecular complexity index is 411. The van der Waals surface area contributed by atoms with Crippen LogP contribution in [0.1, 0.15) is 10.5 Å². The van der Waals surface area contributed by atoms with E-state index >= 15 is 0 Å². The van der Waals surface area contributed by atoms with Crippen LogP contribution in [0.25, 0.3) is 0 Å². The van der Waals surface area contributed by atoms with E-state index in [2.05, 4.69) is 15.3 Å². The third-order valence-corrected chi connectivity index (χ3v) is 1.87. The number of amides is 1. The van der Waals surface area contributed by atoms with Gasteiger partial charge in [-0.1, -0.05) is 0 Å². The maximum absolute atomic E-state index is 10.9. The van der Waals surface area contributed by atoms with Crippen molar-refractivity contribution >= 4 is 29.6 Å². The van der Waals surface area contributed by atoms with E-state index in [1.54, 1.807) is 0 Å². The Balaban J connectivity index is 2.96. The van der Waals surface area contributed by atoms with Gasteiger partial charge in [-0.05, 0) is 11.6 Å².